The molecule has 0 aliphatic carbocycles. The molecule has 3 fully saturated rings. The summed E-state index contributed by atoms with van der Waals surface area (Å²) in [6.07, 6.45) is -0.226. The molecule has 9 heterocycles. The summed E-state index contributed by atoms with van der Waals surface area (Å²) in [5.74, 6) is -14.6. The van der Waals surface area contributed by atoms with Crippen molar-refractivity contribution in [2.75, 3.05) is 83.6 Å². The van der Waals surface area contributed by atoms with E-state index in [4.69, 9.17) is 56.6 Å². The standard InChI is InChI=1S/C103H117N19O24S3/c1-59(123)84-94(133)118-82(93(132)120-85(60(2)124)97(138)139)56-149-148-55-81(92(131)115-79(48-62-34-38-68(125)39-35-62)90(129)116-80(49-64-50-108-70-24-9-8-23-69(64)70)91(130)114-75(88(127)119-84)27-10-13-40-104)117-89(128)78(47-61-19-6-5-7-20-61)113-83(126)54-145-46-45-144-44-43-107-101(147)111-65-36-32-63(33-37-65)53-146-98-102(99(140)142-3)57-121(51-66-21-17-30-76(110-66)95(134)135)58-103(98,100(141)143-4)87(74-26-12-15-42-106-74)122(86(102)73-25-11-14-41-105-73)52-67-22-16-28-71(109-67)72-29-18-31-77(112-72)96(136)137/h5-9,11-12,14-26,28-39,41-42,50,59-60,75,78-82,84-87,98,108,123-125H,10,13,27,40,43-49,51-58,104H2,1-4H3,(H,113,126)(H,114,130)(H,115,131)(H,116,129)(H,117,128)(H,118,133)(H,119,127)(H,120,132)(H,134,135)(H,136,137)(H,138,139)(H2,107,111,147)/t59?,60?,75-,78+,79-,80+,81-,82-,84-,85-,86+,87?,98?,102+,103?/m0/s1. The average molecular weight is 2100 g/mol. The first kappa shape index (κ1) is 111. The van der Waals surface area contributed by atoms with Gasteiger partial charge >= 0.3 is 29.8 Å². The number of carboxylic acid groups (broad SMARTS) is 3. The number of nitrogens with two attached hydrogens (primary N) is 1. The molecule has 3 aliphatic heterocycles. The van der Waals surface area contributed by atoms with Crippen molar-refractivity contribution in [3.05, 3.63) is 269 Å². The number of phenols is 1. The fourth-order valence-electron chi connectivity index (χ4n) is 18.4. The van der Waals surface area contributed by atoms with Gasteiger partial charge in [-0.25, -0.2) is 29.3 Å². The van der Waals surface area contributed by atoms with Gasteiger partial charge in [-0.1, -0.05) is 125 Å². The van der Waals surface area contributed by atoms with Gasteiger partial charge in [-0.2, -0.15) is 0 Å². The minimum absolute atomic E-state index is 0.0341. The number of anilines is 1. The molecule has 8 amide bonds. The Morgan fingerprint density at radius 3 is 1.80 bits per heavy atom. The third-order valence-corrected chi connectivity index (χ3v) is 28.0. The number of aliphatic hydroxyl groups excluding tert-OH is 2. The number of carbonyl (C=O) groups is 13. The van der Waals surface area contributed by atoms with Gasteiger partial charge in [0.1, 0.15) is 76.9 Å². The number of carbonyl (C=O) groups excluding carboxylic acids is 10. The molecule has 0 saturated carbocycles. The molecule has 43 nitrogen and oxygen atoms in total. The molecule has 2 bridgehead atoms. The maximum Gasteiger partial charge on any atom is 0.354 e. The number of carboxylic acids is 3. The molecule has 13 rings (SSSR count). The van der Waals surface area contributed by atoms with Crippen molar-refractivity contribution in [2.24, 2.45) is 16.6 Å². The lowest BCUT2D eigenvalue weighted by molar-refractivity contribution is -0.269. The lowest BCUT2D eigenvalue weighted by atomic mass is 9.53. The van der Waals surface area contributed by atoms with Crippen molar-refractivity contribution >= 4 is 133 Å². The molecule has 46 heteroatoms. The number of nitrogens with zero attached hydrogens (tertiary/aromatic N) is 7. The number of unbranched alkanes of at least 4 members (excludes halogenated alkanes) is 1. The molecule has 786 valence electrons. The lowest BCUT2D eigenvalue weighted by Crippen LogP contribution is -2.77. The van der Waals surface area contributed by atoms with E-state index < -0.39 is 185 Å². The zero-order chi connectivity index (χ0) is 106. The summed E-state index contributed by atoms with van der Waals surface area (Å²) >= 11 is 5.72. The Kier molecular flexibility index (Phi) is 39.7. The fourth-order valence-corrected chi connectivity index (χ4v) is 20.9. The Bertz CT molecular complexity index is 6300. The quantitative estimate of drug-likeness (QED) is 0.0112. The first-order valence-corrected chi connectivity index (χ1v) is 50.7. The lowest BCUT2D eigenvalue weighted by Gasteiger charge is -2.66. The second kappa shape index (κ2) is 53.2. The van der Waals surface area contributed by atoms with Crippen LogP contribution in [0, 0.1) is 10.8 Å². The third-order valence-electron chi connectivity index (χ3n) is 25.4. The van der Waals surface area contributed by atoms with Crippen LogP contribution in [0.25, 0.3) is 22.3 Å². The number of piperidine rings is 2. The molecule has 19 N–H and O–H groups in total. The van der Waals surface area contributed by atoms with Gasteiger partial charge in [0.2, 0.25) is 47.3 Å². The van der Waals surface area contributed by atoms with E-state index in [1.807, 2.05) is 9.80 Å². The smallest absolute Gasteiger partial charge is 0.354 e. The molecule has 149 heavy (non-hydrogen) atoms. The van der Waals surface area contributed by atoms with Crippen LogP contribution in [0.3, 0.4) is 0 Å². The van der Waals surface area contributed by atoms with Crippen LogP contribution in [-0.4, -0.2) is 298 Å². The normalized spacial score (nSPS) is 21.4. The van der Waals surface area contributed by atoms with Gasteiger partial charge in [-0.3, -0.25) is 67.7 Å². The minimum Gasteiger partial charge on any atom is -0.508 e. The molecule has 10 aromatic rings. The number of aromatic hydroxyl groups is 1. The summed E-state index contributed by atoms with van der Waals surface area (Å²) in [7, 11) is 4.14. The number of esters is 2. The second-order valence-electron chi connectivity index (χ2n) is 35.9. The fraction of sp³-hybridized carbons (Fsp3) is 0.369. The van der Waals surface area contributed by atoms with E-state index in [-0.39, 0.29) is 126 Å². The number of thiocarbonyl (C=S) groups is 1. The zero-order valence-electron chi connectivity index (χ0n) is 81.6. The monoisotopic (exact) mass is 2100 g/mol. The van der Waals surface area contributed by atoms with Crippen molar-refractivity contribution in [2.45, 2.75) is 151 Å². The topological polar surface area (TPSA) is 622 Å². The van der Waals surface area contributed by atoms with Crippen LogP contribution in [0.1, 0.15) is 111 Å². The van der Waals surface area contributed by atoms with Crippen molar-refractivity contribution in [3.63, 3.8) is 0 Å². The Morgan fingerprint density at radius 2 is 1.17 bits per heavy atom. The van der Waals surface area contributed by atoms with Crippen molar-refractivity contribution in [1.82, 2.24) is 87.6 Å². The number of aromatic amines is 1. The second-order valence-corrected chi connectivity index (χ2v) is 38.8. The first-order valence-electron chi connectivity index (χ1n) is 47.8. The Labute approximate surface area is 869 Å². The van der Waals surface area contributed by atoms with Crippen LogP contribution in [0.15, 0.2) is 213 Å². The van der Waals surface area contributed by atoms with Gasteiger partial charge in [0.05, 0.1) is 105 Å². The number of amides is 8. The number of aromatic nitrogens is 6. The van der Waals surface area contributed by atoms with Crippen LogP contribution in [0.4, 0.5) is 5.69 Å². The molecule has 6 aromatic heterocycles. The predicted octanol–water partition coefficient (Wildman–Crippen LogP) is 3.93. The molecular formula is C103H117N19O24S3. The number of aliphatic carboxylic acids is 1. The summed E-state index contributed by atoms with van der Waals surface area (Å²) in [6.45, 7) is 1.08. The maximum absolute atomic E-state index is 15.9. The van der Waals surface area contributed by atoms with Gasteiger partial charge < -0.3 is 118 Å². The number of hydrogen-bond acceptors (Lipinski definition) is 32. The van der Waals surface area contributed by atoms with Crippen LogP contribution in [0.2, 0.25) is 0 Å². The molecule has 4 aromatic carbocycles. The zero-order valence-corrected chi connectivity index (χ0v) is 84.1. The van der Waals surface area contributed by atoms with Crippen LogP contribution in [0.5, 0.6) is 5.75 Å². The number of nitrogens with one attached hydrogen (secondary N) is 11. The largest absolute Gasteiger partial charge is 0.508 e. The van der Waals surface area contributed by atoms with E-state index in [9.17, 15) is 64.2 Å². The van der Waals surface area contributed by atoms with E-state index in [2.05, 4.69) is 68.1 Å². The van der Waals surface area contributed by atoms with Crippen molar-refractivity contribution in [3.8, 4) is 17.1 Å². The number of aliphatic hydroxyl groups is 2. The highest BCUT2D eigenvalue weighted by Crippen LogP contribution is 2.65. The van der Waals surface area contributed by atoms with E-state index >= 15 is 28.8 Å². The number of fused-ring (bicyclic) bond motifs is 3. The Balaban J connectivity index is 0.687. The molecule has 5 unspecified atom stereocenters. The number of H-pyrrole nitrogens is 1. The number of pyridine rings is 5. The van der Waals surface area contributed by atoms with Gasteiger partial charge in [-0.05, 0) is 165 Å². The molecule has 3 aliphatic rings. The summed E-state index contributed by atoms with van der Waals surface area (Å²) in [5, 5.41) is 90.1. The number of likely N-dealkylation sites (tertiary alicyclic amines) is 2. The van der Waals surface area contributed by atoms with E-state index in [1.165, 1.54) is 57.5 Å². The summed E-state index contributed by atoms with van der Waals surface area (Å²) in [4.78, 5) is 218. The Morgan fingerprint density at radius 1 is 0.584 bits per heavy atom. The number of para-hydroxylation sites is 1. The summed E-state index contributed by atoms with van der Waals surface area (Å²) in [5.41, 5.74) is 6.71. The van der Waals surface area contributed by atoms with Gasteiger partial charge in [0.25, 0.3) is 0 Å². The average Bonchev–Trinajstić information content (AvgIpc) is 1.10. The summed E-state index contributed by atoms with van der Waals surface area (Å²) < 4.78 is 30.8. The third kappa shape index (κ3) is 29.0. The molecular weight excluding hydrogens is 1980 g/mol. The van der Waals surface area contributed by atoms with Crippen LogP contribution >= 0.6 is 33.8 Å². The first-order chi connectivity index (χ1) is 71.8. The van der Waals surface area contributed by atoms with Gasteiger partial charge in [0, 0.05) is 98.7 Å². The van der Waals surface area contributed by atoms with Gasteiger partial charge in [0.15, 0.2) is 11.2 Å². The van der Waals surface area contributed by atoms with E-state index in [1.54, 1.807) is 176 Å². The molecule has 0 spiro atoms. The number of benzene rings is 4. The highest BCUT2D eigenvalue weighted by atomic mass is 33.1. The van der Waals surface area contributed by atoms with Crippen molar-refractivity contribution < 1.29 is 117 Å². The number of hydrogen-bond donors (Lipinski definition) is 18. The van der Waals surface area contributed by atoms with E-state index in [0.29, 0.717) is 73.7 Å². The number of phenolic OH excluding ortho intramolecular Hbond substituents is 1. The van der Waals surface area contributed by atoms with Crippen molar-refractivity contribution in [1.29, 1.82) is 0 Å². The van der Waals surface area contributed by atoms with E-state index in [0.717, 1.165) is 28.5 Å². The van der Waals surface area contributed by atoms with Crippen LogP contribution in [-0.2, 0) is 115 Å². The number of aromatic carboxylic acids is 2. The minimum atomic E-state index is -1.97. The predicted molar refractivity (Wildman–Crippen MR) is 548 cm³/mol. The van der Waals surface area contributed by atoms with Crippen LogP contribution < -0.4 is 58.9 Å². The molecule has 3 saturated heterocycles. The SMILES string of the molecule is COC(=O)C12CN(Cc3cccc(C(=O)O)n3)C[C@](C(=O)OC)(C1OCc1ccc(NC(=S)NCCOCCOCC(=O)N[C@H](Cc3ccccc3)C(=O)N[C@H]3CSSC[C@@H](C(=O)N[C@H](C(=O)O)C(C)O)NC(=O)[C@H](C(C)O)NC(=O)[C@H](CCCCN)NC(=O)[C@@H](Cc4c[nH]c5ccccc45)NC(=O)[C@H](Cc4ccc(O)cc4)NC3=O)cc1)[C@@H](c1ccccn1)N(Cc1cccc(-c3cccc(C(=O)O)n3)n1)C2c1ccccn1. The Hall–Kier alpha value is -14.9. The summed E-state index contributed by atoms with van der Waals surface area (Å²) in [6, 6.07) is 37.4. The number of ether oxygens (including phenoxy) is 5. The molecule has 0 radical (unpaired) electrons. The highest BCUT2D eigenvalue weighted by molar-refractivity contribution is 8.76. The molecule has 15 atom stereocenters. The number of methoxy groups -OCH3 is 2. The van der Waals surface area contributed by atoms with Gasteiger partial charge in [-0.15, -0.1) is 0 Å². The maximum atomic E-state index is 15.9. The highest BCUT2D eigenvalue weighted by Gasteiger charge is 2.76. The number of rotatable bonds is 41.